The first-order valence-corrected chi connectivity index (χ1v) is 10.2. The third kappa shape index (κ3) is 7.00. The van der Waals surface area contributed by atoms with Crippen molar-refractivity contribution in [2.24, 2.45) is 11.8 Å². The molecule has 130 valence electrons. The van der Waals surface area contributed by atoms with Gasteiger partial charge in [-0.3, -0.25) is 0 Å². The third-order valence-electron chi connectivity index (χ3n) is 6.07. The molecule has 0 spiro atoms. The van der Waals surface area contributed by atoms with E-state index in [4.69, 9.17) is 0 Å². The van der Waals surface area contributed by atoms with Crippen LogP contribution in [0, 0.1) is 11.8 Å². The lowest BCUT2D eigenvalue weighted by molar-refractivity contribution is 0.130. The Hall–Kier alpha value is -0.0800. The summed E-state index contributed by atoms with van der Waals surface area (Å²) in [6.45, 7) is 1.55. The van der Waals surface area contributed by atoms with E-state index in [2.05, 4.69) is 5.32 Å². The van der Waals surface area contributed by atoms with E-state index in [1.807, 2.05) is 0 Å². The van der Waals surface area contributed by atoms with E-state index < -0.39 is 0 Å². The minimum atomic E-state index is 0.400. The van der Waals surface area contributed by atoms with Gasteiger partial charge in [-0.1, -0.05) is 70.6 Å². The molecule has 0 aromatic carbocycles. The maximum absolute atomic E-state index is 9.58. The Morgan fingerprint density at radius 3 is 1.59 bits per heavy atom. The van der Waals surface area contributed by atoms with E-state index in [1.54, 1.807) is 0 Å². The minimum absolute atomic E-state index is 0.400. The number of hydrogen-bond acceptors (Lipinski definition) is 2. The fourth-order valence-corrected chi connectivity index (χ4v) is 4.48. The second kappa shape index (κ2) is 11.5. The normalized spacial score (nSPS) is 30.4. The first-order chi connectivity index (χ1) is 10.9. The van der Waals surface area contributed by atoms with E-state index in [9.17, 15) is 5.11 Å². The van der Waals surface area contributed by atoms with E-state index in [0.29, 0.717) is 12.5 Å². The SMILES string of the molecule is OCC1CCCCC1CNC1CCCCCCCCCCC1. The van der Waals surface area contributed by atoms with Crippen LogP contribution in [0.2, 0.25) is 0 Å². The van der Waals surface area contributed by atoms with E-state index in [-0.39, 0.29) is 0 Å². The van der Waals surface area contributed by atoms with E-state index in [0.717, 1.165) is 18.5 Å². The maximum atomic E-state index is 9.58. The molecule has 2 unspecified atom stereocenters. The molecule has 2 fully saturated rings. The predicted octanol–water partition coefficient (Wildman–Crippen LogP) is 5.05. The molecule has 2 nitrogen and oxygen atoms in total. The average molecular weight is 310 g/mol. The molecule has 0 aromatic rings. The minimum Gasteiger partial charge on any atom is -0.396 e. The summed E-state index contributed by atoms with van der Waals surface area (Å²) in [4.78, 5) is 0. The zero-order chi connectivity index (χ0) is 15.5. The van der Waals surface area contributed by atoms with Gasteiger partial charge in [0.05, 0.1) is 0 Å². The summed E-state index contributed by atoms with van der Waals surface area (Å²) in [7, 11) is 0. The monoisotopic (exact) mass is 309 g/mol. The number of aliphatic hydroxyl groups excluding tert-OH is 1. The molecule has 2 rings (SSSR count). The number of rotatable bonds is 4. The van der Waals surface area contributed by atoms with Crippen LogP contribution in [-0.2, 0) is 0 Å². The Labute approximate surface area is 138 Å². The summed E-state index contributed by atoms with van der Waals surface area (Å²) in [6.07, 6.45) is 21.0. The van der Waals surface area contributed by atoms with Gasteiger partial charge in [-0.2, -0.15) is 0 Å². The van der Waals surface area contributed by atoms with Crippen molar-refractivity contribution in [2.45, 2.75) is 102 Å². The summed E-state index contributed by atoms with van der Waals surface area (Å²) in [5, 5.41) is 13.5. The van der Waals surface area contributed by atoms with Crippen LogP contribution in [0.15, 0.2) is 0 Å². The Kier molecular flexibility index (Phi) is 9.51. The summed E-state index contributed by atoms with van der Waals surface area (Å²) >= 11 is 0. The van der Waals surface area contributed by atoms with Gasteiger partial charge in [0.15, 0.2) is 0 Å². The standard InChI is InChI=1S/C20H39NO/c22-17-19-13-11-10-12-18(19)16-21-20-14-8-6-4-2-1-3-5-7-9-15-20/h18-22H,1-17H2. The predicted molar refractivity (Wildman–Crippen MR) is 95.1 cm³/mol. The zero-order valence-corrected chi connectivity index (χ0v) is 14.7. The second-order valence-electron chi connectivity index (χ2n) is 7.85. The van der Waals surface area contributed by atoms with Gasteiger partial charge in [-0.15, -0.1) is 0 Å². The fourth-order valence-electron chi connectivity index (χ4n) is 4.48. The smallest absolute Gasteiger partial charge is 0.0462 e. The molecule has 2 heteroatoms. The summed E-state index contributed by atoms with van der Waals surface area (Å²) in [5.41, 5.74) is 0. The molecule has 0 heterocycles. The van der Waals surface area contributed by atoms with Crippen molar-refractivity contribution < 1.29 is 5.11 Å². The van der Waals surface area contributed by atoms with Gasteiger partial charge in [-0.05, 0) is 44.1 Å². The van der Waals surface area contributed by atoms with Crippen molar-refractivity contribution in [2.75, 3.05) is 13.2 Å². The Balaban J connectivity index is 1.72. The fraction of sp³-hybridized carbons (Fsp3) is 1.00. The molecule has 2 atom stereocenters. The summed E-state index contributed by atoms with van der Waals surface area (Å²) < 4.78 is 0. The van der Waals surface area contributed by atoms with Crippen molar-refractivity contribution in [3.8, 4) is 0 Å². The van der Waals surface area contributed by atoms with Crippen LogP contribution in [0.3, 0.4) is 0 Å². The molecule has 2 aliphatic carbocycles. The highest BCUT2D eigenvalue weighted by molar-refractivity contribution is 4.79. The zero-order valence-electron chi connectivity index (χ0n) is 14.7. The quantitative estimate of drug-likeness (QED) is 0.762. The Morgan fingerprint density at radius 2 is 1.05 bits per heavy atom. The molecule has 0 bridgehead atoms. The molecule has 2 saturated carbocycles. The Morgan fingerprint density at radius 1 is 0.591 bits per heavy atom. The van der Waals surface area contributed by atoms with Gasteiger partial charge in [0.25, 0.3) is 0 Å². The van der Waals surface area contributed by atoms with Gasteiger partial charge < -0.3 is 10.4 Å². The van der Waals surface area contributed by atoms with Crippen LogP contribution in [-0.4, -0.2) is 24.3 Å². The van der Waals surface area contributed by atoms with Crippen LogP contribution in [0.25, 0.3) is 0 Å². The van der Waals surface area contributed by atoms with Crippen molar-refractivity contribution >= 4 is 0 Å². The highest BCUT2D eigenvalue weighted by Gasteiger charge is 2.24. The molecule has 0 amide bonds. The van der Waals surface area contributed by atoms with Gasteiger partial charge in [0.1, 0.15) is 0 Å². The first kappa shape index (κ1) is 18.3. The summed E-state index contributed by atoms with van der Waals surface area (Å²) in [5.74, 6) is 1.28. The van der Waals surface area contributed by atoms with Gasteiger partial charge in [0.2, 0.25) is 0 Å². The lowest BCUT2D eigenvalue weighted by Crippen LogP contribution is -2.38. The maximum Gasteiger partial charge on any atom is 0.0462 e. The molecule has 22 heavy (non-hydrogen) atoms. The lowest BCUT2D eigenvalue weighted by Gasteiger charge is -2.32. The van der Waals surface area contributed by atoms with Gasteiger partial charge >= 0.3 is 0 Å². The van der Waals surface area contributed by atoms with Crippen LogP contribution in [0.1, 0.15) is 96.3 Å². The van der Waals surface area contributed by atoms with E-state index in [1.165, 1.54) is 96.3 Å². The van der Waals surface area contributed by atoms with Crippen molar-refractivity contribution in [1.82, 2.24) is 5.32 Å². The van der Waals surface area contributed by atoms with E-state index >= 15 is 0 Å². The lowest BCUT2D eigenvalue weighted by atomic mass is 9.79. The van der Waals surface area contributed by atoms with Crippen molar-refractivity contribution in [3.63, 3.8) is 0 Å². The Bertz CT molecular complexity index is 256. The number of nitrogens with one attached hydrogen (secondary N) is 1. The first-order valence-electron chi connectivity index (χ1n) is 10.2. The second-order valence-corrected chi connectivity index (χ2v) is 7.85. The molecule has 2 N–H and O–H groups in total. The highest BCUT2D eigenvalue weighted by atomic mass is 16.3. The van der Waals surface area contributed by atoms with Crippen LogP contribution >= 0.6 is 0 Å². The average Bonchev–Trinajstić information content (AvgIpc) is 2.54. The van der Waals surface area contributed by atoms with Crippen LogP contribution < -0.4 is 5.32 Å². The molecule has 0 aromatic heterocycles. The molecule has 0 radical (unpaired) electrons. The topological polar surface area (TPSA) is 32.3 Å². The molecular formula is C20H39NO. The molecule has 2 aliphatic rings. The van der Waals surface area contributed by atoms with Crippen LogP contribution in [0.5, 0.6) is 0 Å². The van der Waals surface area contributed by atoms with Gasteiger partial charge in [0, 0.05) is 12.6 Å². The highest BCUT2D eigenvalue weighted by Crippen LogP contribution is 2.29. The van der Waals surface area contributed by atoms with Crippen molar-refractivity contribution in [1.29, 1.82) is 0 Å². The van der Waals surface area contributed by atoms with Crippen molar-refractivity contribution in [3.05, 3.63) is 0 Å². The van der Waals surface area contributed by atoms with Gasteiger partial charge in [-0.25, -0.2) is 0 Å². The molecular weight excluding hydrogens is 270 g/mol. The third-order valence-corrected chi connectivity index (χ3v) is 6.07. The summed E-state index contributed by atoms with van der Waals surface area (Å²) in [6, 6.07) is 0.737. The molecule has 0 saturated heterocycles. The largest absolute Gasteiger partial charge is 0.396 e. The number of hydrogen-bond donors (Lipinski definition) is 2. The van der Waals surface area contributed by atoms with Crippen LogP contribution in [0.4, 0.5) is 0 Å². The number of aliphatic hydroxyl groups is 1. The molecule has 0 aliphatic heterocycles.